The van der Waals surface area contributed by atoms with E-state index in [1.165, 1.54) is 12.1 Å². The molecule has 1 aromatic carbocycles. The number of aliphatic hydroxyl groups excluding tert-OH is 1. The second-order valence-electron chi connectivity index (χ2n) is 4.54. The molecule has 2 rings (SSSR count). The molecule has 0 radical (unpaired) electrons. The Morgan fingerprint density at radius 2 is 2.14 bits per heavy atom. The molecule has 0 saturated heterocycles. The number of nitrogens with zero attached hydrogens (tertiary/aromatic N) is 1. The van der Waals surface area contributed by atoms with Crippen LogP contribution in [0, 0.1) is 24.6 Å². The first kappa shape index (κ1) is 15.0. The van der Waals surface area contributed by atoms with Crippen LogP contribution in [0.15, 0.2) is 36.7 Å². The van der Waals surface area contributed by atoms with Gasteiger partial charge in [0.15, 0.2) is 0 Å². The first-order valence-corrected chi connectivity index (χ1v) is 6.61. The summed E-state index contributed by atoms with van der Waals surface area (Å²) < 4.78 is 18.8. The summed E-state index contributed by atoms with van der Waals surface area (Å²) in [5, 5.41) is 8.68. The predicted molar refractivity (Wildman–Crippen MR) is 78.3 cm³/mol. The fraction of sp³-hybridized carbons (Fsp3) is 0.235. The molecule has 0 saturated carbocycles. The highest BCUT2D eigenvalue weighted by atomic mass is 19.1. The van der Waals surface area contributed by atoms with Crippen LogP contribution in [0.1, 0.15) is 23.1 Å². The van der Waals surface area contributed by atoms with E-state index in [1.54, 1.807) is 24.5 Å². The SMILES string of the molecule is Cc1ccc(F)cc1COc1cncc(C#CCCO)c1. The molecule has 0 amide bonds. The molecule has 1 N–H and O–H groups in total. The van der Waals surface area contributed by atoms with Crippen molar-refractivity contribution < 1.29 is 14.2 Å². The van der Waals surface area contributed by atoms with E-state index in [1.807, 2.05) is 6.92 Å². The number of hydrogen-bond donors (Lipinski definition) is 1. The van der Waals surface area contributed by atoms with Crippen LogP contribution in [0.3, 0.4) is 0 Å². The van der Waals surface area contributed by atoms with E-state index in [9.17, 15) is 4.39 Å². The minimum atomic E-state index is -0.277. The van der Waals surface area contributed by atoms with Gasteiger partial charge in [-0.15, -0.1) is 0 Å². The number of aliphatic hydroxyl groups is 1. The molecule has 1 heterocycles. The number of halogens is 1. The molecular weight excluding hydrogens is 269 g/mol. The molecule has 0 bridgehead atoms. The molecule has 3 nitrogen and oxygen atoms in total. The maximum atomic E-state index is 13.2. The molecule has 0 spiro atoms. The zero-order chi connectivity index (χ0) is 15.1. The third-order valence-corrected chi connectivity index (χ3v) is 2.89. The highest BCUT2D eigenvalue weighted by Crippen LogP contribution is 2.16. The lowest BCUT2D eigenvalue weighted by Gasteiger charge is -2.08. The fourth-order valence-corrected chi connectivity index (χ4v) is 1.74. The normalized spacial score (nSPS) is 9.86. The van der Waals surface area contributed by atoms with Crippen LogP contribution in [-0.4, -0.2) is 16.7 Å². The summed E-state index contributed by atoms with van der Waals surface area (Å²) in [6.07, 6.45) is 3.64. The molecule has 2 aromatic rings. The van der Waals surface area contributed by atoms with Crippen LogP contribution >= 0.6 is 0 Å². The summed E-state index contributed by atoms with van der Waals surface area (Å²) in [4.78, 5) is 4.05. The predicted octanol–water partition coefficient (Wildman–Crippen LogP) is 2.84. The van der Waals surface area contributed by atoms with Gasteiger partial charge in [0.1, 0.15) is 18.2 Å². The summed E-state index contributed by atoms with van der Waals surface area (Å²) >= 11 is 0. The van der Waals surface area contributed by atoms with Gasteiger partial charge in [-0.25, -0.2) is 4.39 Å². The molecule has 1 aromatic heterocycles. The average Bonchev–Trinajstić information content (AvgIpc) is 2.49. The van der Waals surface area contributed by atoms with Crippen molar-refractivity contribution in [3.05, 3.63) is 59.2 Å². The minimum Gasteiger partial charge on any atom is -0.487 e. The quantitative estimate of drug-likeness (QED) is 0.878. The minimum absolute atomic E-state index is 0.0372. The van der Waals surface area contributed by atoms with Crippen molar-refractivity contribution in [3.63, 3.8) is 0 Å². The van der Waals surface area contributed by atoms with E-state index in [-0.39, 0.29) is 19.0 Å². The number of hydrogen-bond acceptors (Lipinski definition) is 3. The van der Waals surface area contributed by atoms with Gasteiger partial charge in [-0.05, 0) is 36.2 Å². The first-order chi connectivity index (χ1) is 10.2. The van der Waals surface area contributed by atoms with Crippen molar-refractivity contribution >= 4 is 0 Å². The largest absolute Gasteiger partial charge is 0.487 e. The third kappa shape index (κ3) is 4.59. The van der Waals surface area contributed by atoms with Crippen molar-refractivity contribution in [1.29, 1.82) is 0 Å². The summed E-state index contributed by atoms with van der Waals surface area (Å²) in [7, 11) is 0. The van der Waals surface area contributed by atoms with E-state index >= 15 is 0 Å². The van der Waals surface area contributed by atoms with Crippen molar-refractivity contribution in [2.75, 3.05) is 6.61 Å². The fourth-order valence-electron chi connectivity index (χ4n) is 1.74. The number of rotatable bonds is 4. The van der Waals surface area contributed by atoms with Gasteiger partial charge in [-0.1, -0.05) is 17.9 Å². The second-order valence-corrected chi connectivity index (χ2v) is 4.54. The van der Waals surface area contributed by atoms with E-state index < -0.39 is 0 Å². The topological polar surface area (TPSA) is 42.4 Å². The van der Waals surface area contributed by atoms with Crippen LogP contribution in [0.25, 0.3) is 0 Å². The van der Waals surface area contributed by atoms with Crippen LogP contribution in [-0.2, 0) is 6.61 Å². The lowest BCUT2D eigenvalue weighted by molar-refractivity contribution is 0.303. The van der Waals surface area contributed by atoms with Gasteiger partial charge in [-0.3, -0.25) is 4.98 Å². The molecule has 21 heavy (non-hydrogen) atoms. The highest BCUT2D eigenvalue weighted by molar-refractivity contribution is 5.37. The molecule has 0 aliphatic heterocycles. The lowest BCUT2D eigenvalue weighted by Crippen LogP contribution is -1.99. The van der Waals surface area contributed by atoms with Crippen LogP contribution in [0.2, 0.25) is 0 Å². The van der Waals surface area contributed by atoms with E-state index in [0.717, 1.165) is 16.7 Å². The van der Waals surface area contributed by atoms with Crippen molar-refractivity contribution in [1.82, 2.24) is 4.98 Å². The van der Waals surface area contributed by atoms with E-state index in [2.05, 4.69) is 16.8 Å². The summed E-state index contributed by atoms with van der Waals surface area (Å²) in [6, 6.07) is 6.39. The summed E-state index contributed by atoms with van der Waals surface area (Å²) in [6.45, 7) is 2.22. The van der Waals surface area contributed by atoms with E-state index in [4.69, 9.17) is 9.84 Å². The van der Waals surface area contributed by atoms with Crippen molar-refractivity contribution in [2.45, 2.75) is 20.0 Å². The second kappa shape index (κ2) is 7.41. The zero-order valence-corrected chi connectivity index (χ0v) is 11.8. The van der Waals surface area contributed by atoms with Gasteiger partial charge in [0.05, 0.1) is 12.8 Å². The smallest absolute Gasteiger partial charge is 0.139 e. The molecule has 0 aliphatic carbocycles. The van der Waals surface area contributed by atoms with Crippen molar-refractivity contribution in [3.8, 4) is 17.6 Å². The average molecular weight is 285 g/mol. The molecule has 0 unspecified atom stereocenters. The van der Waals surface area contributed by atoms with Gasteiger partial charge in [0.25, 0.3) is 0 Å². The Balaban J connectivity index is 2.05. The molecule has 4 heteroatoms. The Labute approximate surface area is 123 Å². The van der Waals surface area contributed by atoms with Gasteiger partial charge >= 0.3 is 0 Å². The maximum Gasteiger partial charge on any atom is 0.139 e. The molecule has 0 fully saturated rings. The van der Waals surface area contributed by atoms with Gasteiger partial charge in [-0.2, -0.15) is 0 Å². The number of ether oxygens (including phenoxy) is 1. The molecule has 0 atom stereocenters. The lowest BCUT2D eigenvalue weighted by atomic mass is 10.1. The highest BCUT2D eigenvalue weighted by Gasteiger charge is 2.02. The van der Waals surface area contributed by atoms with Crippen LogP contribution < -0.4 is 4.74 Å². The Bertz CT molecular complexity index is 674. The van der Waals surface area contributed by atoms with Crippen LogP contribution in [0.5, 0.6) is 5.75 Å². The Morgan fingerprint density at radius 3 is 2.95 bits per heavy atom. The zero-order valence-electron chi connectivity index (χ0n) is 11.8. The Morgan fingerprint density at radius 1 is 1.29 bits per heavy atom. The monoisotopic (exact) mass is 285 g/mol. The van der Waals surface area contributed by atoms with Crippen molar-refractivity contribution in [2.24, 2.45) is 0 Å². The Hall–Kier alpha value is -2.38. The maximum absolute atomic E-state index is 13.2. The summed E-state index contributed by atoms with van der Waals surface area (Å²) in [5.74, 6) is 6.02. The van der Waals surface area contributed by atoms with Gasteiger partial charge < -0.3 is 9.84 Å². The molecular formula is C17H16FNO2. The summed E-state index contributed by atoms with van der Waals surface area (Å²) in [5.41, 5.74) is 2.49. The first-order valence-electron chi connectivity index (χ1n) is 6.61. The molecule has 0 aliphatic rings. The van der Waals surface area contributed by atoms with Gasteiger partial charge in [0, 0.05) is 18.2 Å². The van der Waals surface area contributed by atoms with Crippen LogP contribution in [0.4, 0.5) is 4.39 Å². The molecule has 108 valence electrons. The third-order valence-electron chi connectivity index (χ3n) is 2.89. The van der Waals surface area contributed by atoms with E-state index in [0.29, 0.717) is 12.2 Å². The van der Waals surface area contributed by atoms with Gasteiger partial charge in [0.2, 0.25) is 0 Å². The number of benzene rings is 1. The number of aromatic nitrogens is 1. The number of aryl methyl sites for hydroxylation is 1. The standard InChI is InChI=1S/C17H16FNO2/c1-13-5-6-16(18)9-15(13)12-21-17-8-14(10-19-11-17)4-2-3-7-20/h5-6,8-11,20H,3,7,12H2,1H3. The Kier molecular flexibility index (Phi) is 5.30. The number of pyridine rings is 1.